The molecular formula is C13H20N2O2. The van der Waals surface area contributed by atoms with Crippen molar-refractivity contribution in [2.24, 2.45) is 0 Å². The number of nitrogens with one attached hydrogen (secondary N) is 1. The lowest BCUT2D eigenvalue weighted by Gasteiger charge is -2.26. The van der Waals surface area contributed by atoms with Crippen molar-refractivity contribution in [1.82, 2.24) is 0 Å². The molecule has 0 amide bonds. The molecule has 0 bridgehead atoms. The molecule has 0 aliphatic carbocycles. The molecule has 1 aromatic carbocycles. The number of carbonyl (C=O) groups excluding carboxylic acids is 1. The summed E-state index contributed by atoms with van der Waals surface area (Å²) in [6.45, 7) is 6.16. The number of methoxy groups -OCH3 is 1. The van der Waals surface area contributed by atoms with E-state index >= 15 is 0 Å². The number of nitrogen functional groups attached to an aromatic ring is 1. The van der Waals surface area contributed by atoms with E-state index in [0.717, 1.165) is 5.69 Å². The highest BCUT2D eigenvalue weighted by Gasteiger charge is 2.17. The highest BCUT2D eigenvalue weighted by atomic mass is 16.5. The maximum Gasteiger partial charge on any atom is 0.161 e. The summed E-state index contributed by atoms with van der Waals surface area (Å²) in [5.74, 6) is -0.0230. The van der Waals surface area contributed by atoms with Crippen LogP contribution >= 0.6 is 0 Å². The van der Waals surface area contributed by atoms with Gasteiger partial charge in [0.05, 0.1) is 12.1 Å². The van der Waals surface area contributed by atoms with Crippen LogP contribution in [0.3, 0.4) is 0 Å². The molecule has 4 heteroatoms. The van der Waals surface area contributed by atoms with E-state index in [1.54, 1.807) is 19.2 Å². The van der Waals surface area contributed by atoms with Gasteiger partial charge in [-0.1, -0.05) is 0 Å². The van der Waals surface area contributed by atoms with Gasteiger partial charge in [0.1, 0.15) is 0 Å². The second kappa shape index (κ2) is 5.19. The Hall–Kier alpha value is -1.55. The molecule has 1 aromatic rings. The summed E-state index contributed by atoms with van der Waals surface area (Å²) in [7, 11) is 1.66. The zero-order valence-electron chi connectivity index (χ0n) is 10.8. The Morgan fingerprint density at radius 1 is 1.47 bits per heavy atom. The monoisotopic (exact) mass is 236 g/mol. The first kappa shape index (κ1) is 13.5. The lowest BCUT2D eigenvalue weighted by molar-refractivity contribution is 0.101. The van der Waals surface area contributed by atoms with Crippen LogP contribution in [0.4, 0.5) is 11.4 Å². The van der Waals surface area contributed by atoms with Crippen LogP contribution in [0.1, 0.15) is 31.1 Å². The van der Waals surface area contributed by atoms with Gasteiger partial charge >= 0.3 is 0 Å². The van der Waals surface area contributed by atoms with E-state index in [0.29, 0.717) is 17.9 Å². The fraction of sp³-hybridized carbons (Fsp3) is 0.462. The molecule has 17 heavy (non-hydrogen) atoms. The third-order valence-electron chi connectivity index (χ3n) is 2.42. The molecule has 0 unspecified atom stereocenters. The molecule has 0 radical (unpaired) electrons. The van der Waals surface area contributed by atoms with E-state index in [-0.39, 0.29) is 11.3 Å². The molecule has 0 atom stereocenters. The Labute approximate surface area is 102 Å². The average molecular weight is 236 g/mol. The van der Waals surface area contributed by atoms with E-state index in [4.69, 9.17) is 10.5 Å². The molecular weight excluding hydrogens is 216 g/mol. The van der Waals surface area contributed by atoms with Crippen molar-refractivity contribution < 1.29 is 9.53 Å². The average Bonchev–Trinajstić information content (AvgIpc) is 2.15. The molecule has 94 valence electrons. The number of ketones is 1. The van der Waals surface area contributed by atoms with Crippen LogP contribution < -0.4 is 11.1 Å². The smallest absolute Gasteiger partial charge is 0.161 e. The van der Waals surface area contributed by atoms with E-state index in [9.17, 15) is 4.79 Å². The molecule has 0 aliphatic heterocycles. The van der Waals surface area contributed by atoms with Crippen LogP contribution in [0.2, 0.25) is 0 Å². The van der Waals surface area contributed by atoms with Crippen molar-refractivity contribution in [3.8, 4) is 0 Å². The fourth-order valence-corrected chi connectivity index (χ4v) is 1.75. The van der Waals surface area contributed by atoms with Crippen LogP contribution in [0, 0.1) is 0 Å². The van der Waals surface area contributed by atoms with Crippen molar-refractivity contribution in [2.45, 2.75) is 26.3 Å². The standard InChI is InChI=1S/C13H20N2O2/c1-9(16)11-6-5-10(7-12(11)14)15-13(2,3)8-17-4/h5-7,15H,8,14H2,1-4H3. The molecule has 0 aromatic heterocycles. The Morgan fingerprint density at radius 2 is 2.12 bits per heavy atom. The molecule has 3 N–H and O–H groups in total. The minimum atomic E-state index is -0.182. The van der Waals surface area contributed by atoms with Crippen LogP contribution in [0.5, 0.6) is 0 Å². The van der Waals surface area contributed by atoms with E-state index < -0.39 is 0 Å². The van der Waals surface area contributed by atoms with Gasteiger partial charge in [-0.25, -0.2) is 0 Å². The molecule has 0 spiro atoms. The van der Waals surface area contributed by atoms with Crippen molar-refractivity contribution in [3.63, 3.8) is 0 Å². The summed E-state index contributed by atoms with van der Waals surface area (Å²) < 4.78 is 5.12. The number of Topliss-reactive ketones (excluding diaryl/α,β-unsaturated/α-hetero) is 1. The van der Waals surface area contributed by atoms with E-state index in [1.165, 1.54) is 6.92 Å². The zero-order valence-corrected chi connectivity index (χ0v) is 10.8. The van der Waals surface area contributed by atoms with Crippen molar-refractivity contribution in [1.29, 1.82) is 0 Å². The van der Waals surface area contributed by atoms with Gasteiger partial charge in [-0.15, -0.1) is 0 Å². The predicted octanol–water partition coefficient (Wildman–Crippen LogP) is 2.31. The van der Waals surface area contributed by atoms with Gasteiger partial charge in [-0.3, -0.25) is 4.79 Å². The Kier molecular flexibility index (Phi) is 4.12. The molecule has 0 saturated carbocycles. The minimum Gasteiger partial charge on any atom is -0.398 e. The van der Waals surface area contributed by atoms with Gasteiger partial charge in [-0.2, -0.15) is 0 Å². The Morgan fingerprint density at radius 3 is 2.59 bits per heavy atom. The fourth-order valence-electron chi connectivity index (χ4n) is 1.75. The number of rotatable bonds is 5. The second-order valence-corrected chi connectivity index (χ2v) is 4.80. The van der Waals surface area contributed by atoms with Crippen LogP contribution in [-0.2, 0) is 4.74 Å². The van der Waals surface area contributed by atoms with E-state index in [2.05, 4.69) is 5.32 Å². The van der Waals surface area contributed by atoms with Gasteiger partial charge in [0.15, 0.2) is 5.78 Å². The minimum absolute atomic E-state index is 0.0230. The second-order valence-electron chi connectivity index (χ2n) is 4.80. The molecule has 4 nitrogen and oxygen atoms in total. The first-order valence-corrected chi connectivity index (χ1v) is 5.53. The highest BCUT2D eigenvalue weighted by molar-refractivity contribution is 5.99. The Balaban J connectivity index is 2.88. The summed E-state index contributed by atoms with van der Waals surface area (Å²) in [5, 5.41) is 3.31. The van der Waals surface area contributed by atoms with Gasteiger partial charge in [0.25, 0.3) is 0 Å². The first-order valence-electron chi connectivity index (χ1n) is 5.53. The number of benzene rings is 1. The van der Waals surface area contributed by atoms with E-state index in [1.807, 2.05) is 19.9 Å². The van der Waals surface area contributed by atoms with Crippen LogP contribution in [-0.4, -0.2) is 25.0 Å². The van der Waals surface area contributed by atoms with Gasteiger partial charge in [0.2, 0.25) is 0 Å². The predicted molar refractivity (Wildman–Crippen MR) is 70.4 cm³/mol. The molecule has 1 rings (SSSR count). The number of hydrogen-bond acceptors (Lipinski definition) is 4. The zero-order chi connectivity index (χ0) is 13.1. The summed E-state index contributed by atoms with van der Waals surface area (Å²) >= 11 is 0. The van der Waals surface area contributed by atoms with Crippen molar-refractivity contribution in [3.05, 3.63) is 23.8 Å². The highest BCUT2D eigenvalue weighted by Crippen LogP contribution is 2.21. The summed E-state index contributed by atoms with van der Waals surface area (Å²) in [4.78, 5) is 11.2. The van der Waals surface area contributed by atoms with Crippen LogP contribution in [0.25, 0.3) is 0 Å². The number of hydrogen-bond donors (Lipinski definition) is 2. The summed E-state index contributed by atoms with van der Waals surface area (Å²) in [6, 6.07) is 5.36. The molecule has 0 fully saturated rings. The maximum absolute atomic E-state index is 11.2. The molecule has 0 heterocycles. The van der Waals surface area contributed by atoms with Crippen LogP contribution in [0.15, 0.2) is 18.2 Å². The number of ether oxygens (including phenoxy) is 1. The van der Waals surface area contributed by atoms with Gasteiger partial charge < -0.3 is 15.8 Å². The van der Waals surface area contributed by atoms with Crippen molar-refractivity contribution in [2.75, 3.05) is 24.8 Å². The third-order valence-corrected chi connectivity index (χ3v) is 2.42. The third kappa shape index (κ3) is 3.75. The topological polar surface area (TPSA) is 64.3 Å². The Bertz CT molecular complexity index is 414. The number of carbonyl (C=O) groups is 1. The number of anilines is 2. The van der Waals surface area contributed by atoms with Crippen molar-refractivity contribution >= 4 is 17.2 Å². The van der Waals surface area contributed by atoms with Gasteiger partial charge in [0, 0.05) is 24.0 Å². The lowest BCUT2D eigenvalue weighted by atomic mass is 10.0. The molecule has 0 saturated heterocycles. The quantitative estimate of drug-likeness (QED) is 0.608. The summed E-state index contributed by atoms with van der Waals surface area (Å²) in [6.07, 6.45) is 0. The SMILES string of the molecule is COCC(C)(C)Nc1ccc(C(C)=O)c(N)c1. The first-order chi connectivity index (χ1) is 7.85. The number of nitrogens with two attached hydrogens (primary N) is 1. The summed E-state index contributed by atoms with van der Waals surface area (Å²) in [5.41, 5.74) is 7.58. The largest absolute Gasteiger partial charge is 0.398 e. The molecule has 0 aliphatic rings. The van der Waals surface area contributed by atoms with Gasteiger partial charge in [-0.05, 0) is 39.0 Å². The normalized spacial score (nSPS) is 11.3. The lowest BCUT2D eigenvalue weighted by Crippen LogP contribution is -2.35. The maximum atomic E-state index is 11.2.